The third-order valence-corrected chi connectivity index (χ3v) is 2.86. The number of aryl methyl sites for hydroxylation is 1. The Balaban J connectivity index is 2.33. The highest BCUT2D eigenvalue weighted by atomic mass is 15.2. The van der Waals surface area contributed by atoms with Gasteiger partial charge in [-0.25, -0.2) is 4.98 Å². The van der Waals surface area contributed by atoms with Gasteiger partial charge < -0.3 is 10.2 Å². The largest absolute Gasteiger partial charge is 0.370 e. The third-order valence-electron chi connectivity index (χ3n) is 2.86. The molecule has 0 spiro atoms. The molecule has 0 bridgehead atoms. The molecule has 2 rings (SSSR count). The summed E-state index contributed by atoms with van der Waals surface area (Å²) in [5, 5.41) is 3.41. The van der Waals surface area contributed by atoms with E-state index in [9.17, 15) is 0 Å². The Morgan fingerprint density at radius 2 is 2.06 bits per heavy atom. The molecule has 4 nitrogen and oxygen atoms in total. The lowest BCUT2D eigenvalue weighted by molar-refractivity contribution is 0.895. The van der Waals surface area contributed by atoms with E-state index in [1.165, 1.54) is 17.7 Å². The lowest BCUT2D eigenvalue weighted by Gasteiger charge is -2.15. The lowest BCUT2D eigenvalue weighted by atomic mass is 10.2. The Morgan fingerprint density at radius 3 is 2.75 bits per heavy atom. The molecule has 1 aliphatic carbocycles. The Kier molecular flexibility index (Phi) is 3.27. The van der Waals surface area contributed by atoms with Crippen LogP contribution in [-0.2, 0) is 12.8 Å². The summed E-state index contributed by atoms with van der Waals surface area (Å²) in [6.07, 6.45) is 4.55. The van der Waals surface area contributed by atoms with Gasteiger partial charge in [0.25, 0.3) is 0 Å². The lowest BCUT2D eigenvalue weighted by Crippen LogP contribution is -2.16. The van der Waals surface area contributed by atoms with Crippen molar-refractivity contribution in [3.63, 3.8) is 0 Å². The summed E-state index contributed by atoms with van der Waals surface area (Å²) in [5.74, 6) is 1.87. The van der Waals surface area contributed by atoms with E-state index in [1.54, 1.807) is 0 Å². The van der Waals surface area contributed by atoms with E-state index >= 15 is 0 Å². The van der Waals surface area contributed by atoms with Gasteiger partial charge in [-0.05, 0) is 25.7 Å². The van der Waals surface area contributed by atoms with Crippen molar-refractivity contribution in [2.45, 2.75) is 32.6 Å². The fraction of sp³-hybridized carbons (Fsp3) is 0.667. The molecule has 4 heteroatoms. The van der Waals surface area contributed by atoms with Gasteiger partial charge in [0.1, 0.15) is 5.82 Å². The molecule has 1 heterocycles. The normalized spacial score (nSPS) is 13.7. The van der Waals surface area contributed by atoms with Crippen LogP contribution in [0.25, 0.3) is 0 Å². The van der Waals surface area contributed by atoms with E-state index in [2.05, 4.69) is 22.2 Å². The zero-order chi connectivity index (χ0) is 11.5. The van der Waals surface area contributed by atoms with Crippen molar-refractivity contribution in [1.29, 1.82) is 0 Å². The van der Waals surface area contributed by atoms with Crippen LogP contribution in [0.2, 0.25) is 0 Å². The van der Waals surface area contributed by atoms with Gasteiger partial charge in [0, 0.05) is 26.2 Å². The second kappa shape index (κ2) is 4.68. The summed E-state index contributed by atoms with van der Waals surface area (Å²) in [5.41, 5.74) is 2.57. The number of nitrogens with zero attached hydrogens (tertiary/aromatic N) is 3. The van der Waals surface area contributed by atoms with Crippen LogP contribution >= 0.6 is 0 Å². The van der Waals surface area contributed by atoms with E-state index in [0.29, 0.717) is 0 Å². The van der Waals surface area contributed by atoms with Crippen LogP contribution in [-0.4, -0.2) is 30.6 Å². The average Bonchev–Trinajstić information content (AvgIpc) is 2.73. The molecule has 0 radical (unpaired) electrons. The monoisotopic (exact) mass is 220 g/mol. The number of aromatic nitrogens is 2. The molecule has 0 amide bonds. The molecule has 0 atom stereocenters. The molecule has 0 fully saturated rings. The second-order valence-electron chi connectivity index (χ2n) is 4.47. The summed E-state index contributed by atoms with van der Waals surface area (Å²) in [7, 11) is 3.97. The van der Waals surface area contributed by atoms with Gasteiger partial charge in [0.2, 0.25) is 5.95 Å². The second-order valence-corrected chi connectivity index (χ2v) is 4.47. The number of hydrogen-bond acceptors (Lipinski definition) is 4. The van der Waals surface area contributed by atoms with Crippen molar-refractivity contribution in [3.05, 3.63) is 11.3 Å². The van der Waals surface area contributed by atoms with E-state index in [-0.39, 0.29) is 0 Å². The predicted octanol–water partition coefficient (Wildman–Crippen LogP) is 1.85. The highest BCUT2D eigenvalue weighted by molar-refractivity contribution is 5.52. The maximum absolute atomic E-state index is 4.60. The van der Waals surface area contributed by atoms with Crippen LogP contribution in [0.15, 0.2) is 0 Å². The molecule has 1 aromatic heterocycles. The van der Waals surface area contributed by atoms with Crippen LogP contribution < -0.4 is 10.2 Å². The molecule has 0 saturated carbocycles. The first kappa shape index (κ1) is 11.2. The summed E-state index contributed by atoms with van der Waals surface area (Å²) in [6.45, 7) is 3.15. The smallest absolute Gasteiger partial charge is 0.227 e. The highest BCUT2D eigenvalue weighted by Gasteiger charge is 2.19. The number of rotatable bonds is 4. The van der Waals surface area contributed by atoms with Crippen molar-refractivity contribution in [2.24, 2.45) is 0 Å². The Bertz CT molecular complexity index is 374. The Labute approximate surface area is 97.1 Å². The maximum Gasteiger partial charge on any atom is 0.227 e. The summed E-state index contributed by atoms with van der Waals surface area (Å²) >= 11 is 0. The van der Waals surface area contributed by atoms with Crippen LogP contribution in [0.3, 0.4) is 0 Å². The van der Waals surface area contributed by atoms with Gasteiger partial charge in [-0.1, -0.05) is 6.92 Å². The highest BCUT2D eigenvalue weighted by Crippen LogP contribution is 2.27. The number of fused-ring (bicyclic) bond motifs is 1. The van der Waals surface area contributed by atoms with Gasteiger partial charge in [-0.2, -0.15) is 4.98 Å². The molecular formula is C12H20N4. The van der Waals surface area contributed by atoms with Crippen molar-refractivity contribution in [2.75, 3.05) is 30.9 Å². The van der Waals surface area contributed by atoms with Gasteiger partial charge in [0.05, 0.1) is 5.69 Å². The molecule has 0 unspecified atom stereocenters. The quantitative estimate of drug-likeness (QED) is 0.841. The zero-order valence-corrected chi connectivity index (χ0v) is 10.4. The molecular weight excluding hydrogens is 200 g/mol. The van der Waals surface area contributed by atoms with Gasteiger partial charge in [-0.15, -0.1) is 0 Å². The van der Waals surface area contributed by atoms with E-state index in [1.807, 2.05) is 19.0 Å². The van der Waals surface area contributed by atoms with Crippen LogP contribution in [0, 0.1) is 0 Å². The number of nitrogens with one attached hydrogen (secondary N) is 1. The molecule has 0 saturated heterocycles. The fourth-order valence-electron chi connectivity index (χ4n) is 2.01. The summed E-state index contributed by atoms with van der Waals surface area (Å²) < 4.78 is 0. The van der Waals surface area contributed by atoms with Crippen LogP contribution in [0.1, 0.15) is 31.0 Å². The van der Waals surface area contributed by atoms with E-state index in [4.69, 9.17) is 0 Å². The van der Waals surface area contributed by atoms with Crippen molar-refractivity contribution < 1.29 is 0 Å². The standard InChI is InChI=1S/C12H20N4/c1-4-8-13-11-9-6-5-7-10(9)14-12(15-11)16(2)3/h4-8H2,1-3H3,(H,13,14,15). The molecule has 16 heavy (non-hydrogen) atoms. The van der Waals surface area contributed by atoms with Gasteiger partial charge in [0.15, 0.2) is 0 Å². The number of anilines is 2. The minimum atomic E-state index is 0.819. The van der Waals surface area contributed by atoms with Crippen LogP contribution in [0.5, 0.6) is 0 Å². The van der Waals surface area contributed by atoms with Gasteiger partial charge >= 0.3 is 0 Å². The molecule has 0 aromatic carbocycles. The van der Waals surface area contributed by atoms with Crippen molar-refractivity contribution >= 4 is 11.8 Å². The Hall–Kier alpha value is -1.32. The predicted molar refractivity (Wildman–Crippen MR) is 67.2 cm³/mol. The zero-order valence-electron chi connectivity index (χ0n) is 10.4. The van der Waals surface area contributed by atoms with Crippen molar-refractivity contribution in [3.8, 4) is 0 Å². The average molecular weight is 220 g/mol. The summed E-state index contributed by atoms with van der Waals surface area (Å²) in [6, 6.07) is 0. The van der Waals surface area contributed by atoms with Crippen molar-refractivity contribution in [1.82, 2.24) is 9.97 Å². The number of hydrogen-bond donors (Lipinski definition) is 1. The first-order chi connectivity index (χ1) is 7.72. The molecule has 0 aliphatic heterocycles. The molecule has 88 valence electrons. The fourth-order valence-corrected chi connectivity index (χ4v) is 2.01. The molecule has 1 aliphatic rings. The van der Waals surface area contributed by atoms with Crippen LogP contribution in [0.4, 0.5) is 11.8 Å². The topological polar surface area (TPSA) is 41.1 Å². The maximum atomic E-state index is 4.60. The minimum absolute atomic E-state index is 0.819. The van der Waals surface area contributed by atoms with E-state index < -0.39 is 0 Å². The minimum Gasteiger partial charge on any atom is -0.370 e. The first-order valence-electron chi connectivity index (χ1n) is 6.03. The van der Waals surface area contributed by atoms with E-state index in [0.717, 1.165) is 37.6 Å². The molecule has 1 aromatic rings. The Morgan fingerprint density at radius 1 is 1.25 bits per heavy atom. The SMILES string of the molecule is CCCNc1nc(N(C)C)nc2c1CCC2. The third kappa shape index (κ3) is 2.10. The first-order valence-corrected chi connectivity index (χ1v) is 6.03. The summed E-state index contributed by atoms with van der Waals surface area (Å²) in [4.78, 5) is 11.1. The molecule has 1 N–H and O–H groups in total. The van der Waals surface area contributed by atoms with Gasteiger partial charge in [-0.3, -0.25) is 0 Å².